The number of carbonyl (C=O) groups is 1. The molecule has 0 aliphatic carbocycles. The number of rotatable bonds is 8. The lowest BCUT2D eigenvalue weighted by Gasteiger charge is -2.09. The molecule has 7 nitrogen and oxygen atoms in total. The minimum Gasteiger partial charge on any atom is -0.507 e. The number of aryl methyl sites for hydroxylation is 2. The molecule has 2 rings (SSSR count). The van der Waals surface area contributed by atoms with E-state index in [2.05, 4.69) is 9.93 Å². The lowest BCUT2D eigenvalue weighted by molar-refractivity contribution is -0.492. The highest BCUT2D eigenvalue weighted by atomic mass is 17.5. The Hall–Kier alpha value is -2.77. The molecular formula is C18H20O7. The Morgan fingerprint density at radius 3 is 2.48 bits per heavy atom. The first-order chi connectivity index (χ1) is 12.0. The highest BCUT2D eigenvalue weighted by Crippen LogP contribution is 2.26. The van der Waals surface area contributed by atoms with Gasteiger partial charge >= 0.3 is 5.97 Å². The van der Waals surface area contributed by atoms with Crippen LogP contribution >= 0.6 is 0 Å². The van der Waals surface area contributed by atoms with Gasteiger partial charge in [0.05, 0.1) is 7.11 Å². The van der Waals surface area contributed by atoms with Crippen molar-refractivity contribution in [3.63, 3.8) is 0 Å². The Bertz CT molecular complexity index is 704. The number of para-hydroxylation sites is 1. The van der Waals surface area contributed by atoms with Gasteiger partial charge < -0.3 is 14.6 Å². The standard InChI is InChI=1S/C18H20O7/c1-12-8-15(9-13(2)18(12)20)22-11-17(19)24-25-23-10-14-6-4-5-7-16(14)21-3/h4-9,20H,10-11H2,1-3H3. The molecular weight excluding hydrogens is 328 g/mol. The van der Waals surface area contributed by atoms with Gasteiger partial charge in [-0.1, -0.05) is 18.2 Å². The second kappa shape index (κ2) is 8.91. The summed E-state index contributed by atoms with van der Waals surface area (Å²) >= 11 is 0. The zero-order chi connectivity index (χ0) is 18.2. The SMILES string of the molecule is COc1ccccc1COOOC(=O)COc1cc(C)c(O)c(C)c1. The first-order valence-electron chi connectivity index (χ1n) is 7.55. The molecule has 0 unspecified atom stereocenters. The van der Waals surface area contributed by atoms with Crippen molar-refractivity contribution >= 4 is 5.97 Å². The van der Waals surface area contributed by atoms with E-state index < -0.39 is 5.97 Å². The van der Waals surface area contributed by atoms with Crippen LogP contribution in [0, 0.1) is 13.8 Å². The van der Waals surface area contributed by atoms with Crippen LogP contribution in [0.2, 0.25) is 0 Å². The summed E-state index contributed by atoms with van der Waals surface area (Å²) in [5.41, 5.74) is 2.05. The van der Waals surface area contributed by atoms with Gasteiger partial charge in [-0.2, -0.15) is 4.89 Å². The largest absolute Gasteiger partial charge is 0.507 e. The molecule has 0 saturated heterocycles. The Balaban J connectivity index is 1.72. The summed E-state index contributed by atoms with van der Waals surface area (Å²) < 4.78 is 10.5. The van der Waals surface area contributed by atoms with Gasteiger partial charge in [-0.25, -0.2) is 4.79 Å². The number of hydrogen-bond donors (Lipinski definition) is 1. The highest BCUT2D eigenvalue weighted by Gasteiger charge is 2.10. The third-order valence-electron chi connectivity index (χ3n) is 3.40. The van der Waals surface area contributed by atoms with Gasteiger partial charge in [-0.3, -0.25) is 4.89 Å². The van der Waals surface area contributed by atoms with Gasteiger partial charge in [-0.15, -0.1) is 0 Å². The molecule has 1 N–H and O–H groups in total. The van der Waals surface area contributed by atoms with E-state index in [4.69, 9.17) is 14.4 Å². The molecule has 2 aromatic rings. The summed E-state index contributed by atoms with van der Waals surface area (Å²) in [6.07, 6.45) is 0. The topological polar surface area (TPSA) is 83.5 Å². The van der Waals surface area contributed by atoms with Crippen LogP contribution in [0.1, 0.15) is 16.7 Å². The number of carbonyl (C=O) groups excluding carboxylic acids is 1. The molecule has 25 heavy (non-hydrogen) atoms. The molecule has 0 aliphatic rings. The van der Waals surface area contributed by atoms with Crippen LogP contribution < -0.4 is 9.47 Å². The van der Waals surface area contributed by atoms with Crippen molar-refractivity contribution in [1.82, 2.24) is 0 Å². The van der Waals surface area contributed by atoms with Gasteiger partial charge in [0.25, 0.3) is 0 Å². The van der Waals surface area contributed by atoms with E-state index in [-0.39, 0.29) is 19.0 Å². The number of phenols is 1. The molecule has 0 heterocycles. The van der Waals surface area contributed by atoms with Crippen LogP contribution in [0.5, 0.6) is 17.2 Å². The molecule has 7 heteroatoms. The van der Waals surface area contributed by atoms with Crippen LogP contribution in [0.15, 0.2) is 36.4 Å². The van der Waals surface area contributed by atoms with E-state index in [9.17, 15) is 9.90 Å². The number of methoxy groups -OCH3 is 1. The number of aromatic hydroxyl groups is 1. The van der Waals surface area contributed by atoms with Gasteiger partial charge in [0, 0.05) is 5.56 Å². The minimum absolute atomic E-state index is 0.0501. The quantitative estimate of drug-likeness (QED) is 0.446. The maximum atomic E-state index is 11.6. The molecule has 0 radical (unpaired) electrons. The first kappa shape index (κ1) is 18.6. The fraction of sp³-hybridized carbons (Fsp3) is 0.278. The fourth-order valence-corrected chi connectivity index (χ4v) is 2.14. The maximum absolute atomic E-state index is 11.6. The molecule has 0 aromatic heterocycles. The summed E-state index contributed by atoms with van der Waals surface area (Å²) in [5.74, 6) is 0.518. The maximum Gasteiger partial charge on any atom is 0.382 e. The van der Waals surface area contributed by atoms with E-state index in [0.717, 1.165) is 5.56 Å². The van der Waals surface area contributed by atoms with Crippen molar-refractivity contribution in [3.05, 3.63) is 53.1 Å². The van der Waals surface area contributed by atoms with Crippen LogP contribution in [0.25, 0.3) is 0 Å². The molecule has 134 valence electrons. The average Bonchev–Trinajstić information content (AvgIpc) is 2.61. The Morgan fingerprint density at radius 2 is 1.80 bits per heavy atom. The fourth-order valence-electron chi connectivity index (χ4n) is 2.14. The van der Waals surface area contributed by atoms with Gasteiger partial charge in [0.1, 0.15) is 23.9 Å². The van der Waals surface area contributed by atoms with Crippen LogP contribution in [0.4, 0.5) is 0 Å². The average molecular weight is 348 g/mol. The summed E-state index contributed by atoms with van der Waals surface area (Å²) in [6, 6.07) is 10.5. The van der Waals surface area contributed by atoms with E-state index in [1.165, 1.54) is 0 Å². The van der Waals surface area contributed by atoms with Crippen molar-refractivity contribution in [2.24, 2.45) is 0 Å². The third-order valence-corrected chi connectivity index (χ3v) is 3.40. The van der Waals surface area contributed by atoms with Crippen LogP contribution in [-0.2, 0) is 26.2 Å². The summed E-state index contributed by atoms with van der Waals surface area (Å²) in [4.78, 5) is 20.9. The number of hydrogen-bond acceptors (Lipinski definition) is 7. The Labute approximate surface area is 145 Å². The van der Waals surface area contributed by atoms with E-state index in [1.807, 2.05) is 12.1 Å². The van der Waals surface area contributed by atoms with Crippen LogP contribution in [-0.4, -0.2) is 24.8 Å². The summed E-state index contributed by atoms with van der Waals surface area (Å²) in [6.45, 7) is 3.17. The monoisotopic (exact) mass is 348 g/mol. The van der Waals surface area contributed by atoms with Gasteiger partial charge in [-0.05, 0) is 48.2 Å². The number of benzene rings is 2. The second-order valence-electron chi connectivity index (χ2n) is 5.29. The molecule has 0 bridgehead atoms. The van der Waals surface area contributed by atoms with Crippen molar-refractivity contribution < 1.29 is 34.2 Å². The third kappa shape index (κ3) is 5.37. The minimum atomic E-state index is -0.761. The number of phenolic OH excluding ortho intramolecular Hbond substituents is 1. The van der Waals surface area contributed by atoms with Crippen molar-refractivity contribution in [2.75, 3.05) is 13.7 Å². The van der Waals surface area contributed by atoms with E-state index in [1.54, 1.807) is 45.2 Å². The molecule has 0 saturated carbocycles. The van der Waals surface area contributed by atoms with E-state index >= 15 is 0 Å². The normalized spacial score (nSPS) is 10.4. The summed E-state index contributed by atoms with van der Waals surface area (Å²) in [5, 5.41) is 14.1. The Morgan fingerprint density at radius 1 is 1.12 bits per heavy atom. The first-order valence-corrected chi connectivity index (χ1v) is 7.55. The molecule has 0 aliphatic heterocycles. The molecule has 0 spiro atoms. The Kier molecular flexibility index (Phi) is 6.62. The lowest BCUT2D eigenvalue weighted by Crippen LogP contribution is -2.15. The smallest absolute Gasteiger partial charge is 0.382 e. The molecule has 0 amide bonds. The van der Waals surface area contributed by atoms with Crippen molar-refractivity contribution in [1.29, 1.82) is 0 Å². The molecule has 2 aromatic carbocycles. The van der Waals surface area contributed by atoms with Gasteiger partial charge in [0.15, 0.2) is 6.61 Å². The zero-order valence-electron chi connectivity index (χ0n) is 14.3. The highest BCUT2D eigenvalue weighted by molar-refractivity contribution is 5.70. The van der Waals surface area contributed by atoms with Crippen LogP contribution in [0.3, 0.4) is 0 Å². The molecule has 0 fully saturated rings. The predicted molar refractivity (Wildman–Crippen MR) is 88.0 cm³/mol. The molecule has 0 atom stereocenters. The van der Waals surface area contributed by atoms with E-state index in [0.29, 0.717) is 22.6 Å². The zero-order valence-corrected chi connectivity index (χ0v) is 14.3. The van der Waals surface area contributed by atoms with Gasteiger partial charge in [0.2, 0.25) is 0 Å². The predicted octanol–water partition coefficient (Wildman–Crippen LogP) is 3.00. The van der Waals surface area contributed by atoms with Crippen molar-refractivity contribution in [3.8, 4) is 17.2 Å². The second-order valence-corrected chi connectivity index (χ2v) is 5.29. The van der Waals surface area contributed by atoms with Crippen molar-refractivity contribution in [2.45, 2.75) is 20.5 Å². The number of ether oxygens (including phenoxy) is 2. The summed E-state index contributed by atoms with van der Waals surface area (Å²) in [7, 11) is 1.55. The lowest BCUT2D eigenvalue weighted by atomic mass is 10.1.